The molecule has 32 heavy (non-hydrogen) atoms. The van der Waals surface area contributed by atoms with Gasteiger partial charge < -0.3 is 8.98 Å². The molecule has 1 aliphatic rings. The maximum Gasteiger partial charge on any atom is 0.253 e. The molecule has 0 radical (unpaired) electrons. The summed E-state index contributed by atoms with van der Waals surface area (Å²) < 4.78 is 7.65. The summed E-state index contributed by atoms with van der Waals surface area (Å²) in [5.41, 5.74) is 1.91. The van der Waals surface area contributed by atoms with Crippen LogP contribution in [-0.2, 0) is 11.3 Å². The Balaban J connectivity index is 1.35. The quantitative estimate of drug-likeness (QED) is 0.357. The second-order valence-corrected chi connectivity index (χ2v) is 9.09. The van der Waals surface area contributed by atoms with E-state index in [1.807, 2.05) is 71.5 Å². The van der Waals surface area contributed by atoms with Crippen LogP contribution in [0, 0.1) is 0 Å². The summed E-state index contributed by atoms with van der Waals surface area (Å²) in [5, 5.41) is 17.7. The molecule has 9 heteroatoms. The van der Waals surface area contributed by atoms with E-state index in [9.17, 15) is 4.79 Å². The average molecular weight is 464 g/mol. The minimum atomic E-state index is -0.237. The third-order valence-corrected chi connectivity index (χ3v) is 7.10. The van der Waals surface area contributed by atoms with E-state index in [0.717, 1.165) is 32.9 Å². The highest BCUT2D eigenvalue weighted by molar-refractivity contribution is 7.99. The first-order valence-corrected chi connectivity index (χ1v) is 12.2. The Morgan fingerprint density at radius 1 is 1.16 bits per heavy atom. The van der Waals surface area contributed by atoms with Gasteiger partial charge in [-0.3, -0.25) is 4.79 Å². The molecule has 4 heterocycles. The fourth-order valence-corrected chi connectivity index (χ4v) is 5.28. The van der Waals surface area contributed by atoms with E-state index >= 15 is 0 Å². The zero-order valence-electron chi connectivity index (χ0n) is 17.4. The molecule has 162 valence electrons. The van der Waals surface area contributed by atoms with Gasteiger partial charge in [0.1, 0.15) is 11.8 Å². The molecule has 0 N–H and O–H groups in total. The van der Waals surface area contributed by atoms with Crippen molar-refractivity contribution in [3.8, 4) is 11.4 Å². The number of nitrogens with zero attached hydrogens (tertiary/aromatic N) is 5. The summed E-state index contributed by atoms with van der Waals surface area (Å²) in [4.78, 5) is 14.3. The van der Waals surface area contributed by atoms with Crippen LogP contribution < -0.4 is 0 Å². The number of hydrazone groups is 1. The van der Waals surface area contributed by atoms with Crippen molar-refractivity contribution < 1.29 is 9.21 Å². The predicted octanol–water partition coefficient (Wildman–Crippen LogP) is 5.09. The standard InChI is InChI=1S/C23H21N5O2S2/c1-2-27-22(16-8-4-3-5-9-16)24-25-23(27)32-15-21(29)28-18(19-10-6-12-30-19)14-17(26-28)20-11-7-13-31-20/h3-13,18H,2,14-15H2,1H3/t18-/m1/s1. The van der Waals surface area contributed by atoms with E-state index in [1.165, 1.54) is 11.8 Å². The van der Waals surface area contributed by atoms with E-state index in [1.54, 1.807) is 22.6 Å². The number of hydrogen-bond donors (Lipinski definition) is 0. The average Bonchev–Trinajstić information content (AvgIpc) is 3.63. The van der Waals surface area contributed by atoms with Crippen molar-refractivity contribution in [1.82, 2.24) is 19.8 Å². The van der Waals surface area contributed by atoms with Crippen LogP contribution in [0.25, 0.3) is 11.4 Å². The largest absolute Gasteiger partial charge is 0.467 e. The van der Waals surface area contributed by atoms with Crippen molar-refractivity contribution in [1.29, 1.82) is 0 Å². The summed E-state index contributed by atoms with van der Waals surface area (Å²) >= 11 is 3.00. The van der Waals surface area contributed by atoms with Gasteiger partial charge in [0.15, 0.2) is 11.0 Å². The van der Waals surface area contributed by atoms with E-state index in [-0.39, 0.29) is 17.7 Å². The smallest absolute Gasteiger partial charge is 0.253 e. The van der Waals surface area contributed by atoms with Gasteiger partial charge in [0.25, 0.3) is 5.91 Å². The normalized spacial score (nSPS) is 15.8. The molecule has 0 saturated heterocycles. The van der Waals surface area contributed by atoms with Gasteiger partial charge in [-0.25, -0.2) is 5.01 Å². The lowest BCUT2D eigenvalue weighted by Gasteiger charge is -2.19. The SMILES string of the molecule is CCn1c(SCC(=O)N2N=C(c3cccs3)C[C@@H]2c2ccco2)nnc1-c1ccccc1. The monoisotopic (exact) mass is 463 g/mol. The Kier molecular flexibility index (Phi) is 5.91. The van der Waals surface area contributed by atoms with Crippen molar-refractivity contribution in [2.45, 2.75) is 31.1 Å². The minimum absolute atomic E-state index is 0.0881. The van der Waals surface area contributed by atoms with Gasteiger partial charge in [0, 0.05) is 18.5 Å². The van der Waals surface area contributed by atoms with Crippen LogP contribution in [0.1, 0.15) is 30.0 Å². The number of furan rings is 1. The minimum Gasteiger partial charge on any atom is -0.467 e. The fraction of sp³-hybridized carbons (Fsp3) is 0.217. The molecule has 3 aromatic heterocycles. The number of thioether (sulfide) groups is 1. The number of carbonyl (C=O) groups excluding carboxylic acids is 1. The van der Waals surface area contributed by atoms with Crippen molar-refractivity contribution in [2.24, 2.45) is 5.10 Å². The molecule has 0 saturated carbocycles. The van der Waals surface area contributed by atoms with Crippen LogP contribution >= 0.6 is 23.1 Å². The van der Waals surface area contributed by atoms with Crippen LogP contribution in [0.2, 0.25) is 0 Å². The molecule has 7 nitrogen and oxygen atoms in total. The van der Waals surface area contributed by atoms with Gasteiger partial charge >= 0.3 is 0 Å². The van der Waals surface area contributed by atoms with Crippen molar-refractivity contribution in [3.05, 3.63) is 76.9 Å². The molecule has 1 aromatic carbocycles. The van der Waals surface area contributed by atoms with Crippen molar-refractivity contribution in [2.75, 3.05) is 5.75 Å². The lowest BCUT2D eigenvalue weighted by Crippen LogP contribution is -2.28. The van der Waals surface area contributed by atoms with Gasteiger partial charge in [-0.1, -0.05) is 48.2 Å². The van der Waals surface area contributed by atoms with Gasteiger partial charge in [-0.05, 0) is 30.5 Å². The van der Waals surface area contributed by atoms with Gasteiger partial charge in [-0.15, -0.1) is 21.5 Å². The maximum absolute atomic E-state index is 13.2. The number of aromatic nitrogens is 3. The predicted molar refractivity (Wildman–Crippen MR) is 126 cm³/mol. The molecule has 1 amide bonds. The summed E-state index contributed by atoms with van der Waals surface area (Å²) in [6.07, 6.45) is 2.26. The zero-order chi connectivity index (χ0) is 21.9. The van der Waals surface area contributed by atoms with Crippen LogP contribution in [0.3, 0.4) is 0 Å². The summed E-state index contributed by atoms with van der Waals surface area (Å²) in [6, 6.07) is 17.5. The summed E-state index contributed by atoms with van der Waals surface area (Å²) in [6.45, 7) is 2.76. The molecular formula is C23H21N5O2S2. The third-order valence-electron chi connectivity index (χ3n) is 5.23. The Labute approximate surface area is 193 Å². The molecular weight excluding hydrogens is 442 g/mol. The third kappa shape index (κ3) is 4.01. The number of thiophene rings is 1. The molecule has 1 aliphatic heterocycles. The first-order chi connectivity index (χ1) is 15.7. The van der Waals surface area contributed by atoms with Crippen molar-refractivity contribution in [3.63, 3.8) is 0 Å². The van der Waals surface area contributed by atoms with Gasteiger partial charge in [-0.2, -0.15) is 5.10 Å². The van der Waals surface area contributed by atoms with Crippen LogP contribution in [0.15, 0.2) is 80.9 Å². The lowest BCUT2D eigenvalue weighted by molar-refractivity contribution is -0.130. The topological polar surface area (TPSA) is 76.5 Å². The Hall–Kier alpha value is -3.17. The van der Waals surface area contributed by atoms with E-state index < -0.39 is 0 Å². The summed E-state index contributed by atoms with van der Waals surface area (Å²) in [5.74, 6) is 1.66. The molecule has 0 aliphatic carbocycles. The number of rotatable bonds is 7. The highest BCUT2D eigenvalue weighted by atomic mass is 32.2. The van der Waals surface area contributed by atoms with Gasteiger partial charge in [0.05, 0.1) is 22.6 Å². The Morgan fingerprint density at radius 3 is 2.75 bits per heavy atom. The number of amides is 1. The molecule has 4 aromatic rings. The van der Waals surface area contributed by atoms with Gasteiger partial charge in [0.2, 0.25) is 0 Å². The fourth-order valence-electron chi connectivity index (χ4n) is 3.71. The maximum atomic E-state index is 13.2. The first-order valence-electron chi connectivity index (χ1n) is 10.3. The summed E-state index contributed by atoms with van der Waals surface area (Å²) in [7, 11) is 0. The molecule has 0 bridgehead atoms. The molecule has 1 atom stereocenters. The Bertz CT molecular complexity index is 1220. The number of carbonyl (C=O) groups is 1. The second kappa shape index (κ2) is 9.13. The molecule has 0 fully saturated rings. The van der Waals surface area contributed by atoms with Crippen molar-refractivity contribution >= 4 is 34.7 Å². The molecule has 5 rings (SSSR count). The second-order valence-electron chi connectivity index (χ2n) is 7.20. The molecule has 0 spiro atoms. The van der Waals surface area contributed by atoms with Crippen LogP contribution in [0.5, 0.6) is 0 Å². The lowest BCUT2D eigenvalue weighted by atomic mass is 10.1. The van der Waals surface area contributed by atoms with Crippen LogP contribution in [-0.4, -0.2) is 37.1 Å². The van der Waals surface area contributed by atoms with Crippen LogP contribution in [0.4, 0.5) is 0 Å². The molecule has 0 unspecified atom stereocenters. The highest BCUT2D eigenvalue weighted by Gasteiger charge is 2.35. The van der Waals surface area contributed by atoms with E-state index in [2.05, 4.69) is 15.3 Å². The number of hydrogen-bond acceptors (Lipinski definition) is 7. The zero-order valence-corrected chi connectivity index (χ0v) is 19.1. The van der Waals surface area contributed by atoms with E-state index in [0.29, 0.717) is 13.0 Å². The van der Waals surface area contributed by atoms with E-state index in [4.69, 9.17) is 4.42 Å². The first kappa shape index (κ1) is 20.7. The Morgan fingerprint density at radius 2 is 2.03 bits per heavy atom. The number of benzene rings is 1. The highest BCUT2D eigenvalue weighted by Crippen LogP contribution is 2.35.